The van der Waals surface area contributed by atoms with E-state index in [1.165, 1.54) is 7.11 Å². The molecule has 0 amide bonds. The van der Waals surface area contributed by atoms with Crippen molar-refractivity contribution >= 4 is 16.9 Å². The maximum absolute atomic E-state index is 15.0. The van der Waals surface area contributed by atoms with Crippen LogP contribution in [-0.4, -0.2) is 59.5 Å². The highest BCUT2D eigenvalue weighted by Crippen LogP contribution is 2.32. The van der Waals surface area contributed by atoms with E-state index in [4.69, 9.17) is 9.47 Å². The van der Waals surface area contributed by atoms with Crippen LogP contribution in [0, 0.1) is 0 Å². The topological polar surface area (TPSA) is 94.1 Å². The molecule has 0 radical (unpaired) electrons. The van der Waals surface area contributed by atoms with Gasteiger partial charge in [-0.15, -0.1) is 0 Å². The molecule has 29 heavy (non-hydrogen) atoms. The molecule has 0 bridgehead atoms. The fourth-order valence-electron chi connectivity index (χ4n) is 3.44. The number of hydrogen-bond acceptors (Lipinski definition) is 8. The van der Waals surface area contributed by atoms with Crippen molar-refractivity contribution in [3.8, 4) is 22.9 Å². The molecule has 4 heterocycles. The fraction of sp³-hybridized carbons (Fsp3) is 0.400. The number of alkyl halides is 1. The number of fused-ring (bicyclic) bond motifs is 1. The standard InChI is InChI=1S/C20H23FN6O2/c1-28-16-8-13(10-25-19(16)29-2)14-9-15-17(24-7-6-23-15)18(27-14)26-12-20(21)4-3-5-22-11-20/h6-10,22H,3-5,11-12H2,1-2H3,(H,26,27)/t20-/m1/s1. The number of anilines is 1. The molecule has 3 aromatic rings. The van der Waals surface area contributed by atoms with E-state index < -0.39 is 5.67 Å². The third kappa shape index (κ3) is 4.04. The summed E-state index contributed by atoms with van der Waals surface area (Å²) in [5.74, 6) is 1.37. The fourth-order valence-corrected chi connectivity index (χ4v) is 3.44. The van der Waals surface area contributed by atoms with Crippen LogP contribution in [0.25, 0.3) is 22.3 Å². The predicted molar refractivity (Wildman–Crippen MR) is 108 cm³/mol. The highest BCUT2D eigenvalue weighted by Gasteiger charge is 2.31. The van der Waals surface area contributed by atoms with Crippen LogP contribution < -0.4 is 20.1 Å². The van der Waals surface area contributed by atoms with Crippen molar-refractivity contribution in [1.29, 1.82) is 0 Å². The molecule has 0 unspecified atom stereocenters. The summed E-state index contributed by atoms with van der Waals surface area (Å²) in [7, 11) is 3.08. The minimum Gasteiger partial charge on any atom is -0.491 e. The van der Waals surface area contributed by atoms with Crippen LogP contribution in [0.1, 0.15) is 12.8 Å². The minimum atomic E-state index is -1.32. The van der Waals surface area contributed by atoms with E-state index in [9.17, 15) is 0 Å². The number of methoxy groups -OCH3 is 2. The third-order valence-electron chi connectivity index (χ3n) is 4.98. The van der Waals surface area contributed by atoms with Gasteiger partial charge in [-0.05, 0) is 31.5 Å². The largest absolute Gasteiger partial charge is 0.491 e. The number of pyridine rings is 2. The van der Waals surface area contributed by atoms with Gasteiger partial charge in [0.1, 0.15) is 11.2 Å². The smallest absolute Gasteiger partial charge is 0.256 e. The summed E-state index contributed by atoms with van der Waals surface area (Å²) in [6.45, 7) is 1.31. The van der Waals surface area contributed by atoms with Gasteiger partial charge in [-0.3, -0.25) is 4.98 Å². The van der Waals surface area contributed by atoms with Crippen LogP contribution in [-0.2, 0) is 0 Å². The molecule has 2 N–H and O–H groups in total. The van der Waals surface area contributed by atoms with Crippen LogP contribution in [0.2, 0.25) is 0 Å². The summed E-state index contributed by atoms with van der Waals surface area (Å²) in [4.78, 5) is 17.7. The molecule has 4 rings (SSSR count). The molecule has 1 atom stereocenters. The van der Waals surface area contributed by atoms with E-state index in [-0.39, 0.29) is 6.54 Å². The van der Waals surface area contributed by atoms with Crippen LogP contribution in [0.3, 0.4) is 0 Å². The molecule has 0 saturated carbocycles. The quantitative estimate of drug-likeness (QED) is 0.654. The number of aromatic nitrogens is 4. The van der Waals surface area contributed by atoms with Crippen molar-refractivity contribution in [2.75, 3.05) is 39.2 Å². The van der Waals surface area contributed by atoms with Gasteiger partial charge in [0.05, 0.1) is 32.0 Å². The van der Waals surface area contributed by atoms with Crippen LogP contribution in [0.15, 0.2) is 30.7 Å². The lowest BCUT2D eigenvalue weighted by atomic mass is 9.96. The molecule has 152 valence electrons. The zero-order valence-electron chi connectivity index (χ0n) is 16.4. The Hall–Kier alpha value is -3.07. The van der Waals surface area contributed by atoms with E-state index in [0.717, 1.165) is 18.5 Å². The summed E-state index contributed by atoms with van der Waals surface area (Å²) < 4.78 is 25.6. The Bertz CT molecular complexity index is 1010. The number of halogens is 1. The number of piperidine rings is 1. The second kappa shape index (κ2) is 8.12. The maximum Gasteiger partial charge on any atom is 0.256 e. The number of nitrogens with one attached hydrogen (secondary N) is 2. The summed E-state index contributed by atoms with van der Waals surface area (Å²) >= 11 is 0. The van der Waals surface area contributed by atoms with Gasteiger partial charge in [0.15, 0.2) is 11.6 Å². The molecule has 1 saturated heterocycles. The molecule has 3 aromatic heterocycles. The zero-order chi connectivity index (χ0) is 20.3. The third-order valence-corrected chi connectivity index (χ3v) is 4.98. The second-order valence-electron chi connectivity index (χ2n) is 7.00. The van der Waals surface area contributed by atoms with Crippen LogP contribution in [0.5, 0.6) is 11.6 Å². The minimum absolute atomic E-state index is 0.145. The van der Waals surface area contributed by atoms with Crippen molar-refractivity contribution < 1.29 is 13.9 Å². The summed E-state index contributed by atoms with van der Waals surface area (Å²) in [5.41, 5.74) is 1.28. The number of nitrogens with zero attached hydrogens (tertiary/aromatic N) is 4. The number of hydrogen-bond donors (Lipinski definition) is 2. The summed E-state index contributed by atoms with van der Waals surface area (Å²) in [6, 6.07) is 3.62. The van der Waals surface area contributed by atoms with Crippen LogP contribution >= 0.6 is 0 Å². The number of rotatable bonds is 6. The van der Waals surface area contributed by atoms with Gasteiger partial charge in [0.2, 0.25) is 0 Å². The van der Waals surface area contributed by atoms with Gasteiger partial charge < -0.3 is 20.1 Å². The Kier molecular flexibility index (Phi) is 5.39. The Morgan fingerprint density at radius 2 is 2.03 bits per heavy atom. The first kappa shape index (κ1) is 19.3. The molecular weight excluding hydrogens is 375 g/mol. The lowest BCUT2D eigenvalue weighted by Gasteiger charge is -2.30. The molecule has 1 aliphatic rings. The predicted octanol–water partition coefficient (Wildman–Crippen LogP) is 2.61. The molecule has 0 aromatic carbocycles. The maximum atomic E-state index is 15.0. The normalized spacial score (nSPS) is 19.1. The van der Waals surface area contributed by atoms with E-state index in [2.05, 4.69) is 30.6 Å². The highest BCUT2D eigenvalue weighted by molar-refractivity contribution is 5.88. The lowest BCUT2D eigenvalue weighted by molar-refractivity contribution is 0.137. The van der Waals surface area contributed by atoms with Crippen molar-refractivity contribution in [1.82, 2.24) is 25.3 Å². The van der Waals surface area contributed by atoms with Crippen molar-refractivity contribution in [2.24, 2.45) is 0 Å². The Morgan fingerprint density at radius 3 is 2.79 bits per heavy atom. The first-order valence-corrected chi connectivity index (χ1v) is 9.45. The van der Waals surface area contributed by atoms with Gasteiger partial charge in [-0.1, -0.05) is 0 Å². The molecule has 0 spiro atoms. The first-order chi connectivity index (χ1) is 14.1. The Morgan fingerprint density at radius 1 is 1.17 bits per heavy atom. The molecule has 0 aliphatic carbocycles. The van der Waals surface area contributed by atoms with E-state index in [1.807, 2.05) is 6.07 Å². The number of ether oxygens (including phenoxy) is 2. The van der Waals surface area contributed by atoms with Gasteiger partial charge in [-0.2, -0.15) is 0 Å². The van der Waals surface area contributed by atoms with Crippen molar-refractivity contribution in [3.63, 3.8) is 0 Å². The lowest BCUT2D eigenvalue weighted by Crippen LogP contribution is -2.46. The summed E-state index contributed by atoms with van der Waals surface area (Å²) in [5, 5.41) is 6.27. The van der Waals surface area contributed by atoms with E-state index in [0.29, 0.717) is 47.1 Å². The first-order valence-electron chi connectivity index (χ1n) is 9.45. The zero-order valence-corrected chi connectivity index (χ0v) is 16.4. The SMILES string of the molecule is COc1cc(-c2cc3nccnc3c(NC[C@@]3(F)CCCNC3)n2)cnc1OC. The van der Waals surface area contributed by atoms with E-state index in [1.54, 1.807) is 31.8 Å². The van der Waals surface area contributed by atoms with E-state index >= 15 is 4.39 Å². The Labute approximate surface area is 167 Å². The average Bonchev–Trinajstić information content (AvgIpc) is 2.77. The van der Waals surface area contributed by atoms with Gasteiger partial charge in [0.25, 0.3) is 5.88 Å². The monoisotopic (exact) mass is 398 g/mol. The van der Waals surface area contributed by atoms with Crippen molar-refractivity contribution in [2.45, 2.75) is 18.5 Å². The highest BCUT2D eigenvalue weighted by atomic mass is 19.1. The Balaban J connectivity index is 1.71. The summed E-state index contributed by atoms with van der Waals surface area (Å²) in [6.07, 6.45) is 6.18. The molecular formula is C20H23FN6O2. The molecule has 1 aliphatic heterocycles. The molecule has 9 heteroatoms. The van der Waals surface area contributed by atoms with Crippen molar-refractivity contribution in [3.05, 3.63) is 30.7 Å². The molecule has 1 fully saturated rings. The van der Waals surface area contributed by atoms with Gasteiger partial charge in [0, 0.05) is 30.7 Å². The van der Waals surface area contributed by atoms with Gasteiger partial charge >= 0.3 is 0 Å². The second-order valence-corrected chi connectivity index (χ2v) is 7.00. The molecule has 8 nitrogen and oxygen atoms in total. The van der Waals surface area contributed by atoms with Crippen LogP contribution in [0.4, 0.5) is 10.2 Å². The van der Waals surface area contributed by atoms with Gasteiger partial charge in [-0.25, -0.2) is 19.3 Å². The average molecular weight is 398 g/mol.